The lowest BCUT2D eigenvalue weighted by Crippen LogP contribution is -2.55. The Bertz CT molecular complexity index is 257. The number of carbonyl (C=O) groups is 2. The molecule has 0 aromatic heterocycles. The number of urea groups is 1. The summed E-state index contributed by atoms with van der Waals surface area (Å²) in [6.45, 7) is 1.76. The van der Waals surface area contributed by atoms with Crippen LogP contribution in [0.25, 0.3) is 0 Å². The van der Waals surface area contributed by atoms with Gasteiger partial charge >= 0.3 is 12.0 Å². The van der Waals surface area contributed by atoms with Gasteiger partial charge in [0.2, 0.25) is 0 Å². The molecule has 1 aliphatic rings. The summed E-state index contributed by atoms with van der Waals surface area (Å²) in [7, 11) is 3.45. The smallest absolute Gasteiger partial charge is 0.329 e. The molecule has 0 radical (unpaired) electrons. The first-order valence-electron chi connectivity index (χ1n) is 4.99. The van der Waals surface area contributed by atoms with Gasteiger partial charge in [-0.2, -0.15) is 0 Å². The molecule has 1 heterocycles. The highest BCUT2D eigenvalue weighted by Gasteiger charge is 2.24. The number of ether oxygens (including phenoxy) is 1. The van der Waals surface area contributed by atoms with E-state index in [4.69, 9.17) is 9.84 Å². The van der Waals surface area contributed by atoms with Crippen LogP contribution in [0, 0.1) is 0 Å². The predicted octanol–water partition coefficient (Wildman–Crippen LogP) is -0.698. The fourth-order valence-electron chi connectivity index (χ4n) is 1.55. The Hall–Kier alpha value is -1.34. The molecule has 0 atom stereocenters. The first-order valence-corrected chi connectivity index (χ1v) is 4.99. The summed E-state index contributed by atoms with van der Waals surface area (Å²) in [5.41, 5.74) is 0. The average Bonchev–Trinajstić information content (AvgIpc) is 2.20. The van der Waals surface area contributed by atoms with Gasteiger partial charge in [-0.25, -0.2) is 9.59 Å². The molecule has 92 valence electrons. The highest BCUT2D eigenvalue weighted by molar-refractivity contribution is 5.74. The summed E-state index contributed by atoms with van der Waals surface area (Å²) in [5.74, 6) is -0.969. The average molecular weight is 231 g/mol. The third kappa shape index (κ3) is 3.67. The monoisotopic (exact) mass is 231 g/mol. The molecular weight excluding hydrogens is 214 g/mol. The van der Waals surface area contributed by atoms with Crippen LogP contribution in [-0.2, 0) is 9.53 Å². The van der Waals surface area contributed by atoms with E-state index in [0.717, 1.165) is 0 Å². The third-order valence-corrected chi connectivity index (χ3v) is 2.25. The number of hydrogen-bond acceptors (Lipinski definition) is 4. The quantitative estimate of drug-likeness (QED) is 0.633. The largest absolute Gasteiger partial charge is 0.480 e. The van der Waals surface area contributed by atoms with Crippen LogP contribution in [0.15, 0.2) is 0 Å². The van der Waals surface area contributed by atoms with Crippen LogP contribution in [-0.4, -0.2) is 79.0 Å². The van der Waals surface area contributed by atoms with Gasteiger partial charge in [0.1, 0.15) is 6.61 Å². The summed E-state index contributed by atoms with van der Waals surface area (Å²) < 4.78 is 4.93. The lowest BCUT2D eigenvalue weighted by atomic mass is 10.5. The number of hydrogen-bond donors (Lipinski definition) is 1. The van der Waals surface area contributed by atoms with Crippen LogP contribution < -0.4 is 0 Å². The highest BCUT2D eigenvalue weighted by Crippen LogP contribution is 2.05. The van der Waals surface area contributed by atoms with Crippen molar-refractivity contribution in [3.63, 3.8) is 0 Å². The summed E-state index contributed by atoms with van der Waals surface area (Å²) >= 11 is 0. The molecule has 0 saturated carbocycles. The van der Waals surface area contributed by atoms with Crippen LogP contribution >= 0.6 is 0 Å². The zero-order chi connectivity index (χ0) is 12.1. The number of nitrogens with zero attached hydrogens (tertiary/aromatic N) is 3. The summed E-state index contributed by atoms with van der Waals surface area (Å²) in [5, 5.41) is 8.37. The minimum Gasteiger partial charge on any atom is -0.480 e. The Morgan fingerprint density at radius 2 is 1.94 bits per heavy atom. The van der Waals surface area contributed by atoms with Crippen molar-refractivity contribution in [3.8, 4) is 0 Å². The fraction of sp³-hybridized carbons (Fsp3) is 0.778. The Morgan fingerprint density at radius 1 is 1.38 bits per heavy atom. The van der Waals surface area contributed by atoms with E-state index in [0.29, 0.717) is 26.5 Å². The van der Waals surface area contributed by atoms with Crippen LogP contribution in [0.4, 0.5) is 4.79 Å². The van der Waals surface area contributed by atoms with Crippen molar-refractivity contribution in [3.05, 3.63) is 0 Å². The second kappa shape index (κ2) is 5.66. The summed E-state index contributed by atoms with van der Waals surface area (Å²) in [4.78, 5) is 26.8. The minimum atomic E-state index is -0.969. The zero-order valence-corrected chi connectivity index (χ0v) is 9.55. The van der Waals surface area contributed by atoms with E-state index in [1.807, 2.05) is 4.90 Å². The topological polar surface area (TPSA) is 73.3 Å². The Labute approximate surface area is 94.2 Å². The Morgan fingerprint density at radius 3 is 2.44 bits per heavy atom. The second-order valence-corrected chi connectivity index (χ2v) is 3.80. The molecule has 0 aromatic carbocycles. The summed E-state index contributed by atoms with van der Waals surface area (Å²) in [6.07, 6.45) is 0. The van der Waals surface area contributed by atoms with Crippen molar-refractivity contribution in [1.82, 2.24) is 14.7 Å². The van der Waals surface area contributed by atoms with E-state index in [1.165, 1.54) is 0 Å². The second-order valence-electron chi connectivity index (χ2n) is 3.80. The summed E-state index contributed by atoms with van der Waals surface area (Å²) in [6, 6.07) is -0.0114. The van der Waals surface area contributed by atoms with Crippen molar-refractivity contribution in [2.75, 3.05) is 47.2 Å². The molecule has 0 bridgehead atoms. The van der Waals surface area contributed by atoms with Gasteiger partial charge in [0.05, 0.1) is 19.9 Å². The Balaban J connectivity index is 2.23. The molecule has 7 nitrogen and oxygen atoms in total. The van der Waals surface area contributed by atoms with Crippen molar-refractivity contribution in [1.29, 1.82) is 0 Å². The molecule has 1 aliphatic heterocycles. The van der Waals surface area contributed by atoms with Gasteiger partial charge in [-0.15, -0.1) is 0 Å². The van der Waals surface area contributed by atoms with E-state index >= 15 is 0 Å². The molecule has 1 saturated heterocycles. The van der Waals surface area contributed by atoms with E-state index in [9.17, 15) is 9.59 Å². The molecule has 1 fully saturated rings. The minimum absolute atomic E-state index is 0.0114. The number of rotatable bonds is 5. The fourth-order valence-corrected chi connectivity index (χ4v) is 1.55. The molecule has 0 aliphatic carbocycles. The number of carboxylic acid groups (broad SMARTS) is 1. The van der Waals surface area contributed by atoms with Gasteiger partial charge in [-0.3, -0.25) is 4.90 Å². The zero-order valence-electron chi connectivity index (χ0n) is 9.55. The number of carboxylic acids is 1. The van der Waals surface area contributed by atoms with Gasteiger partial charge in [-0.05, 0) is 0 Å². The predicted molar refractivity (Wildman–Crippen MR) is 55.8 cm³/mol. The number of aliphatic carboxylic acids is 1. The maximum atomic E-state index is 11.4. The SMILES string of the molecule is CN1CN(CCOCC(=O)O)CN(C)C1=O. The van der Waals surface area contributed by atoms with Crippen molar-refractivity contribution in [2.45, 2.75) is 0 Å². The van der Waals surface area contributed by atoms with E-state index < -0.39 is 5.97 Å². The lowest BCUT2D eigenvalue weighted by Gasteiger charge is -2.38. The van der Waals surface area contributed by atoms with Crippen molar-refractivity contribution in [2.24, 2.45) is 0 Å². The molecule has 16 heavy (non-hydrogen) atoms. The molecule has 1 N–H and O–H groups in total. The van der Waals surface area contributed by atoms with Crippen LogP contribution in [0.1, 0.15) is 0 Å². The number of carbonyl (C=O) groups excluding carboxylic acids is 1. The van der Waals surface area contributed by atoms with Gasteiger partial charge in [0, 0.05) is 20.6 Å². The van der Waals surface area contributed by atoms with Crippen LogP contribution in [0.5, 0.6) is 0 Å². The molecule has 0 unspecified atom stereocenters. The molecule has 0 aromatic rings. The number of amides is 2. The third-order valence-electron chi connectivity index (χ3n) is 2.25. The standard InChI is InChI=1S/C9H17N3O4/c1-10-6-12(7-11(2)9(10)15)3-4-16-5-8(13)14/h3-7H2,1-2H3,(H,13,14). The van der Waals surface area contributed by atoms with Crippen LogP contribution in [0.3, 0.4) is 0 Å². The Kier molecular flexibility index (Phi) is 4.51. The van der Waals surface area contributed by atoms with Gasteiger partial charge in [0.15, 0.2) is 0 Å². The van der Waals surface area contributed by atoms with Gasteiger partial charge < -0.3 is 19.6 Å². The normalized spacial score (nSPS) is 18.0. The highest BCUT2D eigenvalue weighted by atomic mass is 16.5. The first-order chi connectivity index (χ1) is 7.50. The van der Waals surface area contributed by atoms with Crippen LogP contribution in [0.2, 0.25) is 0 Å². The maximum absolute atomic E-state index is 11.4. The molecule has 0 spiro atoms. The van der Waals surface area contributed by atoms with Gasteiger partial charge in [-0.1, -0.05) is 0 Å². The molecule has 2 amide bonds. The molecular formula is C9H17N3O4. The molecule has 1 rings (SSSR count). The maximum Gasteiger partial charge on any atom is 0.329 e. The lowest BCUT2D eigenvalue weighted by molar-refractivity contribution is -0.142. The van der Waals surface area contributed by atoms with Gasteiger partial charge in [0.25, 0.3) is 0 Å². The van der Waals surface area contributed by atoms with E-state index in [1.54, 1.807) is 23.9 Å². The van der Waals surface area contributed by atoms with E-state index in [2.05, 4.69) is 0 Å². The van der Waals surface area contributed by atoms with Crippen molar-refractivity contribution >= 4 is 12.0 Å². The molecule has 7 heteroatoms. The van der Waals surface area contributed by atoms with E-state index in [-0.39, 0.29) is 12.6 Å². The van der Waals surface area contributed by atoms with Crippen molar-refractivity contribution < 1.29 is 19.4 Å². The first kappa shape index (κ1) is 12.7.